The lowest BCUT2D eigenvalue weighted by atomic mass is 10.1. The van der Waals surface area contributed by atoms with E-state index < -0.39 is 19.8 Å². The zero-order valence-electron chi connectivity index (χ0n) is 13.8. The molecule has 1 aromatic heterocycles. The summed E-state index contributed by atoms with van der Waals surface area (Å²) in [5, 5.41) is 3.82. The molecule has 3 nitrogen and oxygen atoms in total. The summed E-state index contributed by atoms with van der Waals surface area (Å²) in [6, 6.07) is 4.88. The molecule has 0 saturated carbocycles. The van der Waals surface area contributed by atoms with Gasteiger partial charge in [-0.25, -0.2) is 4.68 Å². The first-order valence-corrected chi connectivity index (χ1v) is 11.6. The number of alkyl halides is 3. The van der Waals surface area contributed by atoms with Gasteiger partial charge < -0.3 is 4.74 Å². The fraction of sp³-hybridized carbons (Fsp3) is 0.438. The summed E-state index contributed by atoms with van der Waals surface area (Å²) < 4.78 is 45.9. The average Bonchev–Trinajstić information content (AvgIpc) is 2.91. The SMILES string of the molecule is C[Si](C)(C)CCOCn1cc(-c2ccc(Cl)c(C(F)(F)F)c2)cn1. The second kappa shape index (κ2) is 7.29. The van der Waals surface area contributed by atoms with Crippen LogP contribution in [-0.2, 0) is 17.6 Å². The minimum absolute atomic E-state index is 0.282. The van der Waals surface area contributed by atoms with Crippen LogP contribution in [0, 0.1) is 0 Å². The lowest BCUT2D eigenvalue weighted by Crippen LogP contribution is -2.22. The smallest absolute Gasteiger partial charge is 0.360 e. The maximum absolute atomic E-state index is 12.9. The maximum atomic E-state index is 12.9. The highest BCUT2D eigenvalue weighted by Gasteiger charge is 2.33. The number of nitrogens with zero attached hydrogens (tertiary/aromatic N) is 2. The molecule has 1 heterocycles. The van der Waals surface area contributed by atoms with Crippen LogP contribution in [0.4, 0.5) is 13.2 Å². The van der Waals surface area contributed by atoms with Gasteiger partial charge in [0.2, 0.25) is 0 Å². The van der Waals surface area contributed by atoms with Crippen LogP contribution >= 0.6 is 11.6 Å². The van der Waals surface area contributed by atoms with Crippen molar-refractivity contribution in [1.29, 1.82) is 0 Å². The Morgan fingerprint density at radius 3 is 2.54 bits per heavy atom. The molecule has 0 unspecified atom stereocenters. The summed E-state index contributed by atoms with van der Waals surface area (Å²) in [5.41, 5.74) is 0.159. The van der Waals surface area contributed by atoms with Crippen molar-refractivity contribution in [3.8, 4) is 11.1 Å². The topological polar surface area (TPSA) is 27.1 Å². The quantitative estimate of drug-likeness (QED) is 0.489. The first-order chi connectivity index (χ1) is 11.1. The molecule has 0 atom stereocenters. The third-order valence-electron chi connectivity index (χ3n) is 3.46. The molecule has 2 aromatic rings. The van der Waals surface area contributed by atoms with Gasteiger partial charge in [0.25, 0.3) is 0 Å². The molecule has 0 saturated heterocycles. The van der Waals surface area contributed by atoms with Gasteiger partial charge in [0.15, 0.2) is 0 Å². The molecule has 0 aliphatic rings. The third kappa shape index (κ3) is 5.36. The Bertz CT molecular complexity index is 695. The van der Waals surface area contributed by atoms with Gasteiger partial charge in [0.1, 0.15) is 6.73 Å². The molecule has 0 spiro atoms. The Labute approximate surface area is 145 Å². The molecule has 8 heteroatoms. The van der Waals surface area contributed by atoms with Gasteiger partial charge in [-0.2, -0.15) is 18.3 Å². The Hall–Kier alpha value is -1.31. The van der Waals surface area contributed by atoms with Crippen LogP contribution in [0.5, 0.6) is 0 Å². The van der Waals surface area contributed by atoms with E-state index in [0.29, 0.717) is 17.7 Å². The fourth-order valence-corrected chi connectivity index (χ4v) is 3.02. The molecule has 0 fully saturated rings. The molecule has 24 heavy (non-hydrogen) atoms. The Balaban J connectivity index is 2.05. The van der Waals surface area contributed by atoms with E-state index >= 15 is 0 Å². The van der Waals surface area contributed by atoms with Crippen molar-refractivity contribution in [3.63, 3.8) is 0 Å². The van der Waals surface area contributed by atoms with Crippen LogP contribution < -0.4 is 0 Å². The molecule has 0 aliphatic carbocycles. The van der Waals surface area contributed by atoms with Crippen molar-refractivity contribution >= 4 is 19.7 Å². The van der Waals surface area contributed by atoms with Crippen molar-refractivity contribution in [2.75, 3.05) is 6.61 Å². The van der Waals surface area contributed by atoms with Crippen LogP contribution in [-0.4, -0.2) is 24.5 Å². The number of aromatic nitrogens is 2. The van der Waals surface area contributed by atoms with Gasteiger partial charge in [0, 0.05) is 26.4 Å². The fourth-order valence-electron chi connectivity index (χ4n) is 2.04. The highest BCUT2D eigenvalue weighted by atomic mass is 35.5. The van der Waals surface area contributed by atoms with E-state index in [2.05, 4.69) is 24.7 Å². The number of hydrogen-bond acceptors (Lipinski definition) is 2. The normalized spacial score (nSPS) is 12.6. The van der Waals surface area contributed by atoms with Crippen LogP contribution in [0.3, 0.4) is 0 Å². The summed E-state index contributed by atoms with van der Waals surface area (Å²) in [6.07, 6.45) is -1.30. The molecule has 2 rings (SSSR count). The van der Waals surface area contributed by atoms with E-state index in [1.807, 2.05) is 0 Å². The van der Waals surface area contributed by atoms with Crippen LogP contribution in [0.25, 0.3) is 11.1 Å². The second-order valence-electron chi connectivity index (χ2n) is 6.81. The summed E-state index contributed by atoms with van der Waals surface area (Å²) in [5.74, 6) is 0. The molecule has 132 valence electrons. The first kappa shape index (κ1) is 19.0. The molecule has 1 aromatic carbocycles. The van der Waals surface area contributed by atoms with Gasteiger partial charge >= 0.3 is 6.18 Å². The number of hydrogen-bond donors (Lipinski definition) is 0. The molecular weight excluding hydrogens is 357 g/mol. The summed E-state index contributed by atoms with van der Waals surface area (Å²) in [7, 11) is -1.15. The monoisotopic (exact) mass is 376 g/mol. The standard InChI is InChI=1S/C16H20ClF3N2OSi/c1-24(2,3)7-6-23-11-22-10-13(9-21-22)12-4-5-15(17)14(8-12)16(18,19)20/h4-5,8-10H,6-7,11H2,1-3H3. The molecule has 0 aliphatic heterocycles. The zero-order chi connectivity index (χ0) is 18.0. The Morgan fingerprint density at radius 2 is 1.92 bits per heavy atom. The Morgan fingerprint density at radius 1 is 1.21 bits per heavy atom. The van der Waals surface area contributed by atoms with E-state index in [9.17, 15) is 13.2 Å². The highest BCUT2D eigenvalue weighted by molar-refractivity contribution is 6.76. The highest BCUT2D eigenvalue weighted by Crippen LogP contribution is 2.37. The van der Waals surface area contributed by atoms with Gasteiger partial charge in [-0.1, -0.05) is 37.3 Å². The predicted molar refractivity (Wildman–Crippen MR) is 91.8 cm³/mol. The van der Waals surface area contributed by atoms with Crippen molar-refractivity contribution in [3.05, 3.63) is 41.2 Å². The van der Waals surface area contributed by atoms with Crippen molar-refractivity contribution < 1.29 is 17.9 Å². The van der Waals surface area contributed by atoms with Crippen LogP contribution in [0.1, 0.15) is 5.56 Å². The average molecular weight is 377 g/mol. The lowest BCUT2D eigenvalue weighted by Gasteiger charge is -2.15. The van der Waals surface area contributed by atoms with Gasteiger partial charge in [0.05, 0.1) is 16.8 Å². The number of ether oxygens (including phenoxy) is 1. The van der Waals surface area contributed by atoms with Gasteiger partial charge in [-0.3, -0.25) is 0 Å². The van der Waals surface area contributed by atoms with Gasteiger partial charge in [-0.05, 0) is 23.7 Å². The zero-order valence-corrected chi connectivity index (χ0v) is 15.6. The van der Waals surface area contributed by atoms with Gasteiger partial charge in [-0.15, -0.1) is 0 Å². The summed E-state index contributed by atoms with van der Waals surface area (Å²) in [4.78, 5) is 0. The van der Waals surface area contributed by atoms with E-state index in [4.69, 9.17) is 16.3 Å². The molecule has 0 radical (unpaired) electrons. The maximum Gasteiger partial charge on any atom is 0.417 e. The number of rotatable bonds is 6. The lowest BCUT2D eigenvalue weighted by molar-refractivity contribution is -0.137. The molecule has 0 amide bonds. The van der Waals surface area contributed by atoms with Crippen LogP contribution in [0.2, 0.25) is 30.7 Å². The third-order valence-corrected chi connectivity index (χ3v) is 5.49. The first-order valence-electron chi connectivity index (χ1n) is 7.53. The van der Waals surface area contributed by atoms with Crippen molar-refractivity contribution in [2.24, 2.45) is 0 Å². The van der Waals surface area contributed by atoms with Crippen molar-refractivity contribution in [1.82, 2.24) is 9.78 Å². The summed E-state index contributed by atoms with van der Waals surface area (Å²) in [6.45, 7) is 7.73. The Kier molecular flexibility index (Phi) is 5.77. The second-order valence-corrected chi connectivity index (χ2v) is 12.8. The van der Waals surface area contributed by atoms with E-state index in [1.54, 1.807) is 16.9 Å². The summed E-state index contributed by atoms with van der Waals surface area (Å²) >= 11 is 5.64. The largest absolute Gasteiger partial charge is 0.417 e. The molecular formula is C16H20ClF3N2OSi. The molecule has 0 N–H and O–H groups in total. The van der Waals surface area contributed by atoms with Crippen LogP contribution in [0.15, 0.2) is 30.6 Å². The predicted octanol–water partition coefficient (Wildman–Crippen LogP) is 5.53. The van der Waals surface area contributed by atoms with E-state index in [0.717, 1.165) is 12.1 Å². The number of benzene rings is 1. The minimum Gasteiger partial charge on any atom is -0.360 e. The van der Waals surface area contributed by atoms with E-state index in [1.165, 1.54) is 12.3 Å². The minimum atomic E-state index is -4.48. The van der Waals surface area contributed by atoms with Crippen molar-refractivity contribution in [2.45, 2.75) is 38.6 Å². The van der Waals surface area contributed by atoms with E-state index in [-0.39, 0.29) is 11.8 Å². The molecule has 0 bridgehead atoms. The number of halogens is 4.